The van der Waals surface area contributed by atoms with Crippen molar-refractivity contribution in [1.29, 1.82) is 0 Å². The lowest BCUT2D eigenvalue weighted by Gasteiger charge is -2.12. The number of hydrogen-bond acceptors (Lipinski definition) is 1. The van der Waals surface area contributed by atoms with E-state index in [1.165, 1.54) is 22.7 Å². The Morgan fingerprint density at radius 1 is 1.05 bits per heavy atom. The number of H-pyrrole nitrogens is 1. The van der Waals surface area contributed by atoms with Gasteiger partial charge in [-0.15, -0.1) is 0 Å². The molecule has 0 spiro atoms. The second-order valence-electron chi connectivity index (χ2n) is 5.25. The van der Waals surface area contributed by atoms with Crippen molar-refractivity contribution in [3.63, 3.8) is 0 Å². The van der Waals surface area contributed by atoms with Crippen molar-refractivity contribution < 1.29 is 4.39 Å². The highest BCUT2D eigenvalue weighted by molar-refractivity contribution is 5.89. The Kier molecular flexibility index (Phi) is 2.60. The maximum absolute atomic E-state index is 13.9. The van der Waals surface area contributed by atoms with Crippen LogP contribution in [0.5, 0.6) is 0 Å². The van der Waals surface area contributed by atoms with Gasteiger partial charge < -0.3 is 10.3 Å². The molecule has 3 aromatic rings. The number of hydrogen-bond donors (Lipinski definition) is 2. The number of nitrogens with one attached hydrogen (secondary N) is 2. The van der Waals surface area contributed by atoms with Crippen LogP contribution >= 0.6 is 0 Å². The average Bonchev–Trinajstić information content (AvgIpc) is 2.85. The van der Waals surface area contributed by atoms with Crippen molar-refractivity contribution in [3.05, 3.63) is 59.5 Å². The second-order valence-corrected chi connectivity index (χ2v) is 5.25. The van der Waals surface area contributed by atoms with Gasteiger partial charge in [0.25, 0.3) is 0 Å². The molecule has 0 fully saturated rings. The van der Waals surface area contributed by atoms with Crippen LogP contribution in [0.1, 0.15) is 11.3 Å². The molecule has 1 aliphatic heterocycles. The van der Waals surface area contributed by atoms with Crippen LogP contribution in [0.4, 0.5) is 4.39 Å². The van der Waals surface area contributed by atoms with E-state index in [1.807, 2.05) is 18.2 Å². The van der Waals surface area contributed by atoms with E-state index in [2.05, 4.69) is 22.4 Å². The molecular formula is C17H15FN2. The van der Waals surface area contributed by atoms with Crippen LogP contribution in [0, 0.1) is 5.82 Å². The summed E-state index contributed by atoms with van der Waals surface area (Å²) in [7, 11) is 0. The van der Waals surface area contributed by atoms with Crippen LogP contribution in [-0.4, -0.2) is 11.5 Å². The minimum Gasteiger partial charge on any atom is -0.358 e. The zero-order valence-corrected chi connectivity index (χ0v) is 11.0. The monoisotopic (exact) mass is 266 g/mol. The van der Waals surface area contributed by atoms with Gasteiger partial charge in [-0.25, -0.2) is 4.39 Å². The van der Waals surface area contributed by atoms with Crippen molar-refractivity contribution in [2.45, 2.75) is 13.0 Å². The molecule has 1 aromatic heterocycles. The van der Waals surface area contributed by atoms with Gasteiger partial charge in [-0.3, -0.25) is 0 Å². The van der Waals surface area contributed by atoms with E-state index in [4.69, 9.17) is 0 Å². The molecule has 1 aliphatic rings. The highest BCUT2D eigenvalue weighted by Crippen LogP contribution is 2.30. The first-order valence-corrected chi connectivity index (χ1v) is 6.92. The lowest BCUT2D eigenvalue weighted by atomic mass is 10.0. The molecule has 2 N–H and O–H groups in total. The first-order chi connectivity index (χ1) is 9.83. The molecule has 4 rings (SSSR count). The molecule has 0 radical (unpaired) electrons. The predicted octanol–water partition coefficient (Wildman–Crippen LogP) is 3.62. The van der Waals surface area contributed by atoms with Crippen molar-refractivity contribution in [2.75, 3.05) is 6.54 Å². The Balaban J connectivity index is 1.92. The number of halogens is 1. The van der Waals surface area contributed by atoms with Gasteiger partial charge >= 0.3 is 0 Å². The predicted molar refractivity (Wildman–Crippen MR) is 79.1 cm³/mol. The third-order valence-corrected chi connectivity index (χ3v) is 4.03. The van der Waals surface area contributed by atoms with E-state index >= 15 is 0 Å². The number of benzene rings is 2. The van der Waals surface area contributed by atoms with Crippen LogP contribution in [0.15, 0.2) is 42.5 Å². The van der Waals surface area contributed by atoms with Crippen LogP contribution in [0.3, 0.4) is 0 Å². The molecule has 2 heterocycles. The number of aromatic amines is 1. The van der Waals surface area contributed by atoms with Crippen LogP contribution in [0.2, 0.25) is 0 Å². The lowest BCUT2D eigenvalue weighted by molar-refractivity contribution is 0.631. The molecule has 0 amide bonds. The molecular weight excluding hydrogens is 251 g/mol. The van der Waals surface area contributed by atoms with E-state index in [1.54, 1.807) is 6.07 Å². The maximum atomic E-state index is 13.9. The van der Waals surface area contributed by atoms with Crippen molar-refractivity contribution in [1.82, 2.24) is 10.3 Å². The molecule has 0 saturated carbocycles. The lowest BCUT2D eigenvalue weighted by Crippen LogP contribution is -2.22. The Labute approximate surface area is 116 Å². The summed E-state index contributed by atoms with van der Waals surface area (Å²) in [5.74, 6) is -0.172. The van der Waals surface area contributed by atoms with E-state index in [0.29, 0.717) is 5.56 Å². The minimum absolute atomic E-state index is 0.172. The summed E-state index contributed by atoms with van der Waals surface area (Å²) in [5.41, 5.74) is 5.36. The van der Waals surface area contributed by atoms with Crippen LogP contribution in [0.25, 0.3) is 22.0 Å². The number of fused-ring (bicyclic) bond motifs is 3. The summed E-state index contributed by atoms with van der Waals surface area (Å²) in [6.45, 7) is 1.90. The number of aromatic nitrogens is 1. The highest BCUT2D eigenvalue weighted by Gasteiger charge is 2.15. The molecule has 0 saturated heterocycles. The highest BCUT2D eigenvalue weighted by atomic mass is 19.1. The molecule has 2 aromatic carbocycles. The molecule has 0 bridgehead atoms. The Bertz CT molecular complexity index is 789. The Morgan fingerprint density at radius 2 is 1.95 bits per heavy atom. The van der Waals surface area contributed by atoms with Crippen LogP contribution in [-0.2, 0) is 13.0 Å². The summed E-state index contributed by atoms with van der Waals surface area (Å²) in [6.07, 6.45) is 1.03. The zero-order chi connectivity index (χ0) is 13.5. The first-order valence-electron chi connectivity index (χ1n) is 6.92. The third-order valence-electron chi connectivity index (χ3n) is 4.03. The van der Waals surface area contributed by atoms with Crippen molar-refractivity contribution >= 4 is 10.9 Å². The third kappa shape index (κ3) is 1.74. The van der Waals surface area contributed by atoms with Gasteiger partial charge in [-0.2, -0.15) is 0 Å². The molecule has 3 heteroatoms. The van der Waals surface area contributed by atoms with Gasteiger partial charge in [0.1, 0.15) is 5.82 Å². The fourth-order valence-corrected chi connectivity index (χ4v) is 3.01. The fraction of sp³-hybridized carbons (Fsp3) is 0.176. The molecule has 0 unspecified atom stereocenters. The molecule has 100 valence electrons. The standard InChI is InChI=1S/C17H15FN2/c18-15-4-2-1-3-12(15)11-5-6-16-13(9-11)14-10-19-8-7-17(14)20-16/h1-6,9,19-20H,7-8,10H2. The summed E-state index contributed by atoms with van der Waals surface area (Å²) in [4.78, 5) is 3.48. The summed E-state index contributed by atoms with van der Waals surface area (Å²) >= 11 is 0. The summed E-state index contributed by atoms with van der Waals surface area (Å²) in [6, 6.07) is 13.1. The smallest absolute Gasteiger partial charge is 0.131 e. The Hall–Kier alpha value is -2.13. The van der Waals surface area contributed by atoms with Gasteiger partial charge in [0.15, 0.2) is 0 Å². The number of rotatable bonds is 1. The van der Waals surface area contributed by atoms with Crippen LogP contribution < -0.4 is 5.32 Å². The molecule has 2 nitrogen and oxygen atoms in total. The SMILES string of the molecule is Fc1ccccc1-c1ccc2[nH]c3c(c2c1)CNCC3. The zero-order valence-electron chi connectivity index (χ0n) is 11.0. The topological polar surface area (TPSA) is 27.8 Å². The normalized spacial score (nSPS) is 14.4. The molecule has 20 heavy (non-hydrogen) atoms. The Morgan fingerprint density at radius 3 is 2.85 bits per heavy atom. The van der Waals surface area contributed by atoms with Gasteiger partial charge in [-0.05, 0) is 29.3 Å². The maximum Gasteiger partial charge on any atom is 0.131 e. The van der Waals surface area contributed by atoms with E-state index in [-0.39, 0.29) is 5.82 Å². The van der Waals surface area contributed by atoms with Gasteiger partial charge in [0.2, 0.25) is 0 Å². The summed E-state index contributed by atoms with van der Waals surface area (Å²) in [5, 5.41) is 4.60. The quantitative estimate of drug-likeness (QED) is 0.691. The van der Waals surface area contributed by atoms with Crippen molar-refractivity contribution in [3.8, 4) is 11.1 Å². The molecule has 0 atom stereocenters. The van der Waals surface area contributed by atoms with Gasteiger partial charge in [0, 0.05) is 41.7 Å². The van der Waals surface area contributed by atoms with E-state index in [9.17, 15) is 4.39 Å². The second kappa shape index (κ2) is 4.46. The minimum atomic E-state index is -0.172. The fourth-order valence-electron chi connectivity index (χ4n) is 3.01. The van der Waals surface area contributed by atoms with Crippen molar-refractivity contribution in [2.24, 2.45) is 0 Å². The first kappa shape index (κ1) is 11.7. The largest absolute Gasteiger partial charge is 0.358 e. The van der Waals surface area contributed by atoms with Gasteiger partial charge in [0.05, 0.1) is 0 Å². The van der Waals surface area contributed by atoms with E-state index < -0.39 is 0 Å². The van der Waals surface area contributed by atoms with Gasteiger partial charge in [-0.1, -0.05) is 24.3 Å². The summed E-state index contributed by atoms with van der Waals surface area (Å²) < 4.78 is 13.9. The molecule has 0 aliphatic carbocycles. The average molecular weight is 266 g/mol. The van der Waals surface area contributed by atoms with E-state index in [0.717, 1.165) is 30.6 Å².